The van der Waals surface area contributed by atoms with Gasteiger partial charge in [0.25, 0.3) is 5.91 Å². The van der Waals surface area contributed by atoms with Crippen LogP contribution in [-0.2, 0) is 0 Å². The third-order valence-corrected chi connectivity index (χ3v) is 4.44. The molecule has 0 radical (unpaired) electrons. The fourth-order valence-electron chi connectivity index (χ4n) is 2.41. The quantitative estimate of drug-likeness (QED) is 0.861. The van der Waals surface area contributed by atoms with Gasteiger partial charge < -0.3 is 10.6 Å². The van der Waals surface area contributed by atoms with Crippen LogP contribution in [0.2, 0.25) is 0 Å². The Morgan fingerprint density at radius 1 is 1.53 bits per heavy atom. The fourth-order valence-corrected chi connectivity index (χ4v) is 2.92. The average molecular weight is 329 g/mol. The maximum absolute atomic E-state index is 13.8. The van der Waals surface area contributed by atoms with Gasteiger partial charge in [-0.2, -0.15) is 0 Å². The van der Waals surface area contributed by atoms with Crippen molar-refractivity contribution in [2.24, 2.45) is 11.1 Å². The van der Waals surface area contributed by atoms with E-state index in [2.05, 4.69) is 15.9 Å². The summed E-state index contributed by atoms with van der Waals surface area (Å²) in [5, 5.41) is 0. The minimum atomic E-state index is -0.493. The Balaban J connectivity index is 2.26. The van der Waals surface area contributed by atoms with Crippen LogP contribution in [0.5, 0.6) is 0 Å². The first-order valence-electron chi connectivity index (χ1n) is 6.32. The van der Waals surface area contributed by atoms with Crippen LogP contribution in [0.15, 0.2) is 22.7 Å². The number of rotatable bonds is 1. The number of carbonyl (C=O) groups is 1. The Labute approximate surface area is 121 Å². The molecule has 1 atom stereocenters. The standard InChI is InChI=1S/C14H18BrFN2O/c1-14(2)8-18(7-6-11(14)17)13(19)12-9(15)4-3-5-10(12)16/h3-5,11H,6-8,17H2,1-2H3. The molecule has 1 aliphatic heterocycles. The zero-order valence-corrected chi connectivity index (χ0v) is 12.7. The Hall–Kier alpha value is -0.940. The van der Waals surface area contributed by atoms with Gasteiger partial charge in [0.05, 0.1) is 5.56 Å². The number of piperidine rings is 1. The first-order chi connectivity index (χ1) is 8.83. The maximum atomic E-state index is 13.8. The van der Waals surface area contributed by atoms with Gasteiger partial charge in [0.1, 0.15) is 5.82 Å². The van der Waals surface area contributed by atoms with Crippen LogP contribution >= 0.6 is 15.9 Å². The van der Waals surface area contributed by atoms with Gasteiger partial charge in [-0.1, -0.05) is 19.9 Å². The SMILES string of the molecule is CC1(C)CN(C(=O)c2c(F)cccc2Br)CCC1N. The summed E-state index contributed by atoms with van der Waals surface area (Å²) in [6, 6.07) is 4.63. The minimum Gasteiger partial charge on any atom is -0.338 e. The Bertz CT molecular complexity index is 484. The van der Waals surface area contributed by atoms with E-state index in [9.17, 15) is 9.18 Å². The molecule has 1 unspecified atom stereocenters. The van der Waals surface area contributed by atoms with Crippen molar-refractivity contribution in [1.29, 1.82) is 0 Å². The number of hydrogen-bond donors (Lipinski definition) is 1. The van der Waals surface area contributed by atoms with E-state index in [0.717, 1.165) is 6.42 Å². The van der Waals surface area contributed by atoms with Gasteiger partial charge in [-0.15, -0.1) is 0 Å². The van der Waals surface area contributed by atoms with Crippen LogP contribution < -0.4 is 5.73 Å². The predicted octanol–water partition coefficient (Wildman–Crippen LogP) is 2.79. The highest BCUT2D eigenvalue weighted by molar-refractivity contribution is 9.10. The molecule has 1 fully saturated rings. The number of nitrogens with zero attached hydrogens (tertiary/aromatic N) is 1. The number of carbonyl (C=O) groups excluding carboxylic acids is 1. The molecule has 104 valence electrons. The Kier molecular flexibility index (Phi) is 3.97. The van der Waals surface area contributed by atoms with E-state index in [1.807, 2.05) is 13.8 Å². The summed E-state index contributed by atoms with van der Waals surface area (Å²) >= 11 is 3.24. The molecule has 1 saturated heterocycles. The summed E-state index contributed by atoms with van der Waals surface area (Å²) in [4.78, 5) is 14.1. The van der Waals surface area contributed by atoms with Crippen molar-refractivity contribution >= 4 is 21.8 Å². The van der Waals surface area contributed by atoms with E-state index in [1.165, 1.54) is 6.07 Å². The molecule has 0 bridgehead atoms. The maximum Gasteiger partial charge on any atom is 0.258 e. The normalized spacial score (nSPS) is 22.4. The summed E-state index contributed by atoms with van der Waals surface area (Å²) in [5.41, 5.74) is 6.01. The molecule has 1 aromatic rings. The van der Waals surface area contributed by atoms with E-state index in [1.54, 1.807) is 17.0 Å². The van der Waals surface area contributed by atoms with Gasteiger partial charge in [-0.25, -0.2) is 4.39 Å². The van der Waals surface area contributed by atoms with Crippen molar-refractivity contribution in [2.45, 2.75) is 26.3 Å². The Morgan fingerprint density at radius 2 is 2.21 bits per heavy atom. The summed E-state index contributed by atoms with van der Waals surface area (Å²) in [7, 11) is 0. The lowest BCUT2D eigenvalue weighted by atomic mass is 9.79. The molecule has 19 heavy (non-hydrogen) atoms. The van der Waals surface area contributed by atoms with Crippen molar-refractivity contribution < 1.29 is 9.18 Å². The van der Waals surface area contributed by atoms with E-state index >= 15 is 0 Å². The van der Waals surface area contributed by atoms with E-state index in [4.69, 9.17) is 5.73 Å². The van der Waals surface area contributed by atoms with Gasteiger partial charge in [-0.05, 0) is 39.9 Å². The Morgan fingerprint density at radius 3 is 2.79 bits per heavy atom. The lowest BCUT2D eigenvalue weighted by Crippen LogP contribution is -2.54. The van der Waals surface area contributed by atoms with Gasteiger partial charge in [0, 0.05) is 23.6 Å². The van der Waals surface area contributed by atoms with Crippen molar-refractivity contribution in [3.8, 4) is 0 Å². The number of likely N-dealkylation sites (tertiary alicyclic amines) is 1. The summed E-state index contributed by atoms with van der Waals surface area (Å²) in [6.07, 6.45) is 0.741. The van der Waals surface area contributed by atoms with Crippen LogP contribution in [-0.4, -0.2) is 29.9 Å². The molecule has 1 aromatic carbocycles. The predicted molar refractivity (Wildman–Crippen MR) is 76.4 cm³/mol. The zero-order chi connectivity index (χ0) is 14.2. The average Bonchev–Trinajstić information content (AvgIpc) is 2.32. The number of hydrogen-bond acceptors (Lipinski definition) is 2. The molecular formula is C14H18BrFN2O. The largest absolute Gasteiger partial charge is 0.338 e. The van der Waals surface area contributed by atoms with Gasteiger partial charge >= 0.3 is 0 Å². The van der Waals surface area contributed by atoms with Gasteiger partial charge in [0.2, 0.25) is 0 Å². The van der Waals surface area contributed by atoms with Gasteiger partial charge in [0.15, 0.2) is 0 Å². The van der Waals surface area contributed by atoms with E-state index < -0.39 is 5.82 Å². The smallest absolute Gasteiger partial charge is 0.258 e. The fraction of sp³-hybridized carbons (Fsp3) is 0.500. The molecule has 1 aliphatic rings. The summed E-state index contributed by atoms with van der Waals surface area (Å²) < 4.78 is 14.3. The molecule has 5 heteroatoms. The minimum absolute atomic E-state index is 0.0700. The van der Waals surface area contributed by atoms with Crippen molar-refractivity contribution in [2.75, 3.05) is 13.1 Å². The van der Waals surface area contributed by atoms with Crippen LogP contribution in [0, 0.1) is 11.2 Å². The van der Waals surface area contributed by atoms with E-state index in [0.29, 0.717) is 17.6 Å². The monoisotopic (exact) mass is 328 g/mol. The zero-order valence-electron chi connectivity index (χ0n) is 11.1. The second-order valence-corrected chi connectivity index (χ2v) is 6.56. The molecular weight excluding hydrogens is 311 g/mol. The topological polar surface area (TPSA) is 46.3 Å². The molecule has 2 N–H and O–H groups in total. The van der Waals surface area contributed by atoms with Crippen molar-refractivity contribution in [3.05, 3.63) is 34.1 Å². The lowest BCUT2D eigenvalue weighted by Gasteiger charge is -2.42. The summed E-state index contributed by atoms with van der Waals surface area (Å²) in [6.45, 7) is 5.19. The van der Waals surface area contributed by atoms with E-state index in [-0.39, 0.29) is 22.9 Å². The molecule has 3 nitrogen and oxygen atoms in total. The molecule has 0 aromatic heterocycles. The number of halogens is 2. The third kappa shape index (κ3) is 2.82. The number of nitrogens with two attached hydrogens (primary N) is 1. The highest BCUT2D eigenvalue weighted by Crippen LogP contribution is 2.30. The molecule has 0 aliphatic carbocycles. The van der Waals surface area contributed by atoms with Crippen LogP contribution in [0.1, 0.15) is 30.6 Å². The molecule has 1 heterocycles. The summed E-state index contributed by atoms with van der Waals surface area (Å²) in [5.74, 6) is -0.767. The van der Waals surface area contributed by atoms with Crippen molar-refractivity contribution in [1.82, 2.24) is 4.90 Å². The second-order valence-electron chi connectivity index (χ2n) is 5.71. The van der Waals surface area contributed by atoms with Crippen molar-refractivity contribution in [3.63, 3.8) is 0 Å². The molecule has 1 amide bonds. The number of benzene rings is 1. The lowest BCUT2D eigenvalue weighted by molar-refractivity contribution is 0.0527. The highest BCUT2D eigenvalue weighted by atomic mass is 79.9. The third-order valence-electron chi connectivity index (χ3n) is 3.78. The molecule has 0 spiro atoms. The number of amides is 1. The first-order valence-corrected chi connectivity index (χ1v) is 7.11. The van der Waals surface area contributed by atoms with Crippen LogP contribution in [0.4, 0.5) is 4.39 Å². The molecule has 2 rings (SSSR count). The molecule has 0 saturated carbocycles. The van der Waals surface area contributed by atoms with Gasteiger partial charge in [-0.3, -0.25) is 4.79 Å². The van der Waals surface area contributed by atoms with Crippen LogP contribution in [0.3, 0.4) is 0 Å². The second kappa shape index (κ2) is 5.21. The first kappa shape index (κ1) is 14.5. The highest BCUT2D eigenvalue weighted by Gasteiger charge is 2.36. The van der Waals surface area contributed by atoms with Crippen LogP contribution in [0.25, 0.3) is 0 Å².